The summed E-state index contributed by atoms with van der Waals surface area (Å²) in [5, 5.41) is 0. The number of carbonyl (C=O) groups excluding carboxylic acids is 1. The summed E-state index contributed by atoms with van der Waals surface area (Å²) in [5.41, 5.74) is 6.58. The maximum atomic E-state index is 12.7. The lowest BCUT2D eigenvalue weighted by Gasteiger charge is -2.27. The normalized spacial score (nSPS) is 15.3. The number of benzene rings is 3. The molecule has 0 N–H and O–H groups in total. The SMILES string of the molecule is C=C(c1ccc(C(=O)N2CCOCC2)cc1)c1ccc2c(c1)Cc1ccccc1S2. The molecule has 150 valence electrons. The summed E-state index contributed by atoms with van der Waals surface area (Å²) < 4.78 is 5.34. The molecule has 3 aromatic rings. The predicted molar refractivity (Wildman–Crippen MR) is 121 cm³/mol. The molecule has 30 heavy (non-hydrogen) atoms. The van der Waals surface area contributed by atoms with Crippen molar-refractivity contribution >= 4 is 23.2 Å². The van der Waals surface area contributed by atoms with Crippen molar-refractivity contribution < 1.29 is 9.53 Å². The molecular weight excluding hydrogens is 390 g/mol. The summed E-state index contributed by atoms with van der Waals surface area (Å²) in [6.07, 6.45) is 0.951. The first kappa shape index (κ1) is 19.2. The van der Waals surface area contributed by atoms with Gasteiger partial charge in [0.05, 0.1) is 13.2 Å². The van der Waals surface area contributed by atoms with E-state index in [1.165, 1.54) is 20.9 Å². The minimum absolute atomic E-state index is 0.0694. The molecule has 0 radical (unpaired) electrons. The zero-order valence-corrected chi connectivity index (χ0v) is 17.6. The number of carbonyl (C=O) groups is 1. The van der Waals surface area contributed by atoms with E-state index in [0.717, 1.165) is 23.1 Å². The number of rotatable bonds is 3. The lowest BCUT2D eigenvalue weighted by atomic mass is 9.95. The Hall–Kier alpha value is -2.82. The maximum Gasteiger partial charge on any atom is 0.254 e. The summed E-state index contributed by atoms with van der Waals surface area (Å²) in [5.74, 6) is 0.0694. The van der Waals surface area contributed by atoms with Crippen LogP contribution in [0.15, 0.2) is 83.1 Å². The molecule has 3 aromatic carbocycles. The van der Waals surface area contributed by atoms with Gasteiger partial charge in [0.1, 0.15) is 0 Å². The summed E-state index contributed by atoms with van der Waals surface area (Å²) in [6.45, 7) is 6.87. The van der Waals surface area contributed by atoms with Crippen molar-refractivity contribution in [3.8, 4) is 0 Å². The van der Waals surface area contributed by atoms with Crippen molar-refractivity contribution in [3.63, 3.8) is 0 Å². The molecule has 0 spiro atoms. The Kier molecular flexibility index (Phi) is 5.19. The highest BCUT2D eigenvalue weighted by atomic mass is 32.2. The van der Waals surface area contributed by atoms with E-state index in [1.54, 1.807) is 0 Å². The van der Waals surface area contributed by atoms with Gasteiger partial charge in [-0.15, -0.1) is 0 Å². The number of morpholine rings is 1. The molecule has 1 fully saturated rings. The van der Waals surface area contributed by atoms with Crippen molar-refractivity contribution in [2.75, 3.05) is 26.3 Å². The van der Waals surface area contributed by atoms with E-state index in [-0.39, 0.29) is 5.91 Å². The third kappa shape index (κ3) is 3.69. The fourth-order valence-corrected chi connectivity index (χ4v) is 5.06. The number of amides is 1. The van der Waals surface area contributed by atoms with Crippen molar-refractivity contribution in [2.24, 2.45) is 0 Å². The molecule has 5 rings (SSSR count). The highest BCUT2D eigenvalue weighted by molar-refractivity contribution is 7.99. The third-order valence-electron chi connectivity index (χ3n) is 5.76. The molecule has 0 unspecified atom stereocenters. The molecule has 4 heteroatoms. The standard InChI is InChI=1S/C26H23NO2S/c1-18(19-6-8-20(9-7-19)26(28)27-12-14-29-15-13-27)21-10-11-25-23(16-21)17-22-4-2-3-5-24(22)30-25/h2-11,16H,1,12-15,17H2. The van der Waals surface area contributed by atoms with E-state index < -0.39 is 0 Å². The Morgan fingerprint density at radius 2 is 1.50 bits per heavy atom. The van der Waals surface area contributed by atoms with Crippen LogP contribution in [0, 0.1) is 0 Å². The fourth-order valence-electron chi connectivity index (χ4n) is 4.01. The summed E-state index contributed by atoms with van der Waals surface area (Å²) in [4.78, 5) is 17.2. The first-order chi connectivity index (χ1) is 14.7. The molecule has 0 bridgehead atoms. The number of ether oxygens (including phenoxy) is 1. The van der Waals surface area contributed by atoms with Crippen molar-refractivity contribution in [3.05, 3.63) is 101 Å². The minimum Gasteiger partial charge on any atom is -0.378 e. The molecule has 0 saturated carbocycles. The smallest absolute Gasteiger partial charge is 0.254 e. The van der Waals surface area contributed by atoms with Gasteiger partial charge in [0.2, 0.25) is 0 Å². The second kappa shape index (κ2) is 8.13. The second-order valence-electron chi connectivity index (χ2n) is 7.67. The van der Waals surface area contributed by atoms with Crippen LogP contribution in [0.4, 0.5) is 0 Å². The number of hydrogen-bond acceptors (Lipinski definition) is 3. The fraction of sp³-hybridized carbons (Fsp3) is 0.192. The zero-order valence-electron chi connectivity index (χ0n) is 16.8. The highest BCUT2D eigenvalue weighted by Gasteiger charge is 2.19. The Balaban J connectivity index is 1.35. The van der Waals surface area contributed by atoms with Crippen LogP contribution >= 0.6 is 11.8 Å². The first-order valence-corrected chi connectivity index (χ1v) is 11.1. The molecular formula is C26H23NO2S. The average molecular weight is 414 g/mol. The largest absolute Gasteiger partial charge is 0.378 e. The van der Waals surface area contributed by atoms with Gasteiger partial charge in [-0.2, -0.15) is 0 Å². The van der Waals surface area contributed by atoms with E-state index in [4.69, 9.17) is 4.74 Å². The lowest BCUT2D eigenvalue weighted by molar-refractivity contribution is 0.0303. The topological polar surface area (TPSA) is 29.5 Å². The Morgan fingerprint density at radius 1 is 0.833 bits per heavy atom. The molecule has 3 nitrogen and oxygen atoms in total. The summed E-state index contributed by atoms with van der Waals surface area (Å²) in [7, 11) is 0. The van der Waals surface area contributed by atoms with Gasteiger partial charge in [-0.05, 0) is 64.6 Å². The Morgan fingerprint density at radius 3 is 2.30 bits per heavy atom. The van der Waals surface area contributed by atoms with Crippen LogP contribution in [-0.4, -0.2) is 37.1 Å². The van der Waals surface area contributed by atoms with Gasteiger partial charge < -0.3 is 9.64 Å². The number of nitrogens with zero attached hydrogens (tertiary/aromatic N) is 1. The molecule has 0 aromatic heterocycles. The van der Waals surface area contributed by atoms with Crippen LogP contribution < -0.4 is 0 Å². The highest BCUT2D eigenvalue weighted by Crippen LogP contribution is 2.40. The van der Waals surface area contributed by atoms with Crippen molar-refractivity contribution in [2.45, 2.75) is 16.2 Å². The molecule has 0 aliphatic carbocycles. The minimum atomic E-state index is 0.0694. The van der Waals surface area contributed by atoms with E-state index in [2.05, 4.69) is 49.0 Å². The molecule has 2 aliphatic heterocycles. The van der Waals surface area contributed by atoms with Gasteiger partial charge in [-0.3, -0.25) is 4.79 Å². The van der Waals surface area contributed by atoms with Crippen LogP contribution in [0.1, 0.15) is 32.6 Å². The van der Waals surface area contributed by atoms with E-state index in [0.29, 0.717) is 31.9 Å². The number of hydrogen-bond donors (Lipinski definition) is 0. The lowest BCUT2D eigenvalue weighted by Crippen LogP contribution is -2.40. The van der Waals surface area contributed by atoms with E-state index in [9.17, 15) is 4.79 Å². The van der Waals surface area contributed by atoms with Gasteiger partial charge in [0, 0.05) is 28.4 Å². The van der Waals surface area contributed by atoms with Crippen LogP contribution in [0.3, 0.4) is 0 Å². The predicted octanol–water partition coefficient (Wildman–Crippen LogP) is 5.28. The quantitative estimate of drug-likeness (QED) is 0.458. The van der Waals surface area contributed by atoms with Gasteiger partial charge in [0.25, 0.3) is 5.91 Å². The summed E-state index contributed by atoms with van der Waals surface area (Å²) in [6, 6.07) is 23.0. The van der Waals surface area contributed by atoms with Crippen LogP contribution in [-0.2, 0) is 11.2 Å². The van der Waals surface area contributed by atoms with Crippen LogP contribution in [0.25, 0.3) is 5.57 Å². The zero-order chi connectivity index (χ0) is 20.5. The molecule has 2 heterocycles. The van der Waals surface area contributed by atoms with Gasteiger partial charge >= 0.3 is 0 Å². The van der Waals surface area contributed by atoms with E-state index >= 15 is 0 Å². The summed E-state index contributed by atoms with van der Waals surface area (Å²) >= 11 is 1.84. The first-order valence-electron chi connectivity index (χ1n) is 10.2. The molecule has 2 aliphatic rings. The van der Waals surface area contributed by atoms with Gasteiger partial charge in [-0.25, -0.2) is 0 Å². The maximum absolute atomic E-state index is 12.7. The number of fused-ring (bicyclic) bond motifs is 2. The van der Waals surface area contributed by atoms with Crippen LogP contribution in [0.2, 0.25) is 0 Å². The third-order valence-corrected chi connectivity index (χ3v) is 7.00. The average Bonchev–Trinajstić information content (AvgIpc) is 2.82. The Bertz CT molecular complexity index is 1110. The molecule has 1 amide bonds. The van der Waals surface area contributed by atoms with Gasteiger partial charge in [0.15, 0.2) is 0 Å². The molecule has 1 saturated heterocycles. The monoisotopic (exact) mass is 413 g/mol. The van der Waals surface area contributed by atoms with Crippen LogP contribution in [0.5, 0.6) is 0 Å². The molecule has 0 atom stereocenters. The van der Waals surface area contributed by atoms with Crippen molar-refractivity contribution in [1.82, 2.24) is 4.90 Å². The Labute approximate surface area is 181 Å². The second-order valence-corrected chi connectivity index (χ2v) is 8.75. The van der Waals surface area contributed by atoms with Crippen molar-refractivity contribution in [1.29, 1.82) is 0 Å². The van der Waals surface area contributed by atoms with Gasteiger partial charge in [-0.1, -0.05) is 54.7 Å². The van der Waals surface area contributed by atoms with E-state index in [1.807, 2.05) is 40.9 Å².